The average molecular weight is 637 g/mol. The van der Waals surface area contributed by atoms with Gasteiger partial charge in [-0.05, 0) is 28.4 Å². The Hall–Kier alpha value is -1.53. The van der Waals surface area contributed by atoms with E-state index in [0.717, 1.165) is 6.42 Å². The van der Waals surface area contributed by atoms with E-state index >= 15 is 0 Å². The van der Waals surface area contributed by atoms with E-state index < -0.39 is 0 Å². The first-order valence-electron chi connectivity index (χ1n) is 13.3. The van der Waals surface area contributed by atoms with Crippen molar-refractivity contribution in [1.82, 2.24) is 0 Å². The van der Waals surface area contributed by atoms with E-state index in [2.05, 4.69) is 139 Å². The molecule has 0 heterocycles. The van der Waals surface area contributed by atoms with Crippen LogP contribution in [0.1, 0.15) is 90.1 Å². The van der Waals surface area contributed by atoms with Crippen molar-refractivity contribution in [2.45, 2.75) is 79.6 Å². The number of halogens is 2. The summed E-state index contributed by atoms with van der Waals surface area (Å²) in [6, 6.07) is 25.5. The number of hydrogen-bond donors (Lipinski definition) is 0. The molecule has 0 fully saturated rings. The van der Waals surface area contributed by atoms with Crippen molar-refractivity contribution in [2.24, 2.45) is 5.92 Å². The fraction of sp³-hybridized carbons (Fsp3) is 0.361. The van der Waals surface area contributed by atoms with Crippen molar-refractivity contribution in [2.75, 3.05) is 0 Å². The van der Waals surface area contributed by atoms with E-state index in [1.807, 2.05) is 6.07 Å². The van der Waals surface area contributed by atoms with E-state index in [4.69, 9.17) is 0 Å². The number of fused-ring (bicyclic) bond motifs is 3. The average Bonchev–Trinajstić information content (AvgIpc) is 3.35. The molecule has 1 unspecified atom stereocenters. The Balaban J connectivity index is 0.000000350. The van der Waals surface area contributed by atoms with Crippen LogP contribution in [0.15, 0.2) is 77.9 Å². The van der Waals surface area contributed by atoms with Gasteiger partial charge in [0.05, 0.1) is 0 Å². The molecule has 3 aromatic rings. The predicted octanol–water partition coefficient (Wildman–Crippen LogP) is 3.38. The molecule has 0 aromatic heterocycles. The molecule has 1 atom stereocenters. The molecule has 0 saturated heterocycles. The summed E-state index contributed by atoms with van der Waals surface area (Å²) < 4.78 is 2.17. The van der Waals surface area contributed by atoms with Crippen LogP contribution in [-0.4, -0.2) is 3.71 Å². The third kappa shape index (κ3) is 9.81. The topological polar surface area (TPSA) is 0 Å². The summed E-state index contributed by atoms with van der Waals surface area (Å²) in [5.41, 5.74) is 12.7. The fourth-order valence-electron chi connectivity index (χ4n) is 4.57. The molecule has 0 bridgehead atoms. The Bertz CT molecular complexity index is 1220. The van der Waals surface area contributed by atoms with E-state index in [-0.39, 0.29) is 35.6 Å². The quantitative estimate of drug-likeness (QED) is 0.281. The van der Waals surface area contributed by atoms with E-state index in [0.29, 0.717) is 5.92 Å². The van der Waals surface area contributed by atoms with Crippen molar-refractivity contribution in [1.29, 1.82) is 0 Å². The third-order valence-corrected chi connectivity index (χ3v) is 7.79. The number of hydrogen-bond acceptors (Lipinski definition) is 0. The molecule has 0 amide bonds. The number of allylic oxidation sites excluding steroid dienone is 4. The van der Waals surface area contributed by atoms with Gasteiger partial charge in [-0.1, -0.05) is 85.1 Å². The maximum absolute atomic E-state index is 3.67. The molecule has 0 nitrogen and oxygen atoms in total. The van der Waals surface area contributed by atoms with Crippen LogP contribution in [0.5, 0.6) is 0 Å². The molecule has 0 aliphatic heterocycles. The van der Waals surface area contributed by atoms with Crippen molar-refractivity contribution in [3.63, 3.8) is 0 Å². The van der Waals surface area contributed by atoms with Crippen molar-refractivity contribution in [3.05, 3.63) is 118 Å². The Morgan fingerprint density at radius 2 is 1.44 bits per heavy atom. The van der Waals surface area contributed by atoms with Gasteiger partial charge in [-0.3, -0.25) is 6.08 Å². The molecule has 39 heavy (non-hydrogen) atoms. The number of benzene rings is 3. The van der Waals surface area contributed by atoms with Crippen LogP contribution in [0.2, 0.25) is 0 Å². The van der Waals surface area contributed by atoms with Crippen molar-refractivity contribution < 1.29 is 49.0 Å². The Labute approximate surface area is 265 Å². The first kappa shape index (κ1) is 35.5. The summed E-state index contributed by atoms with van der Waals surface area (Å²) in [5, 5.41) is 0. The molecule has 3 aromatic carbocycles. The predicted molar refractivity (Wildman–Crippen MR) is 158 cm³/mol. The van der Waals surface area contributed by atoms with Crippen LogP contribution in [-0.2, 0) is 41.5 Å². The molecule has 0 spiro atoms. The van der Waals surface area contributed by atoms with Gasteiger partial charge in [0.25, 0.3) is 0 Å². The van der Waals surface area contributed by atoms with Gasteiger partial charge in [0.15, 0.2) is 0 Å². The summed E-state index contributed by atoms with van der Waals surface area (Å²) in [7, 11) is 0. The van der Waals surface area contributed by atoms with Gasteiger partial charge in [0.2, 0.25) is 0 Å². The summed E-state index contributed by atoms with van der Waals surface area (Å²) in [5.74, 6) is 0.551. The normalized spacial score (nSPS) is 15.0. The van der Waals surface area contributed by atoms with Gasteiger partial charge < -0.3 is 24.8 Å². The molecule has 206 valence electrons. The molecule has 5 rings (SSSR count). The summed E-state index contributed by atoms with van der Waals surface area (Å²) in [4.78, 5) is 0. The van der Waals surface area contributed by atoms with E-state index in [1.54, 1.807) is 0 Å². The standard InChI is InChI=1S/C21H25.C8H11.C7H6.2ClH.Zr/c1-20(2,3)16-7-9-18-14(12-16)11-15-13-17(21(4,5)6)8-10-19(15)18;1-6-4-7(2)8(3)5-6;1-7-5-3-2-4-6-7;;;/h7-10,12H,11H2,1-6H3;4,6H,1-3H3;1-6H;2*1H;/q2*-1;;;;+2/p-2. The van der Waals surface area contributed by atoms with Gasteiger partial charge in [-0.2, -0.15) is 29.8 Å². The SMILES string of the molecule is CC(C)(C)c1[c-]c2c(cc1)-c1ccc(C(C)(C)C)cc1C2.CC1=[C-]C(C)C=C1C.[Cl-].[Cl-].[Zr+2]=[CH]c1ccccc1. The van der Waals surface area contributed by atoms with E-state index in [1.165, 1.54) is 74.3 Å². The second-order valence-corrected chi connectivity index (χ2v) is 13.0. The first-order chi connectivity index (χ1) is 17.3. The summed E-state index contributed by atoms with van der Waals surface area (Å²) in [6.45, 7) is 20.0. The maximum atomic E-state index is 3.67. The summed E-state index contributed by atoms with van der Waals surface area (Å²) in [6.07, 6.45) is 6.55. The zero-order chi connectivity index (χ0) is 27.4. The van der Waals surface area contributed by atoms with Crippen LogP contribution < -0.4 is 24.8 Å². The van der Waals surface area contributed by atoms with Crippen LogP contribution in [0.3, 0.4) is 0 Å². The molecule has 0 saturated carbocycles. The molecular weight excluding hydrogens is 595 g/mol. The van der Waals surface area contributed by atoms with Crippen molar-refractivity contribution >= 4 is 3.71 Å². The Kier molecular flexibility index (Phi) is 13.6. The molecular formula is C36H42Cl2Zr-2. The fourth-order valence-corrected chi connectivity index (χ4v) is 5.05. The van der Waals surface area contributed by atoms with Crippen LogP contribution in [0, 0.1) is 18.1 Å². The summed E-state index contributed by atoms with van der Waals surface area (Å²) >= 11 is 1.46. The minimum atomic E-state index is 0. The number of rotatable bonds is 1. The molecule has 3 heteroatoms. The van der Waals surface area contributed by atoms with Gasteiger partial charge in [-0.25, -0.2) is 11.1 Å². The van der Waals surface area contributed by atoms with Gasteiger partial charge in [0, 0.05) is 0 Å². The monoisotopic (exact) mass is 634 g/mol. The second kappa shape index (κ2) is 14.9. The van der Waals surface area contributed by atoms with Gasteiger partial charge in [0.1, 0.15) is 0 Å². The molecule has 2 aliphatic rings. The van der Waals surface area contributed by atoms with E-state index in [9.17, 15) is 0 Å². The minimum absolute atomic E-state index is 0. The zero-order valence-corrected chi connectivity index (χ0v) is 28.9. The van der Waals surface area contributed by atoms with Crippen LogP contribution in [0.25, 0.3) is 11.1 Å². The zero-order valence-electron chi connectivity index (χ0n) is 25.0. The van der Waals surface area contributed by atoms with Gasteiger partial charge in [-0.15, -0.1) is 18.1 Å². The Morgan fingerprint density at radius 3 is 1.87 bits per heavy atom. The third-order valence-electron chi connectivity index (χ3n) is 6.97. The molecule has 2 aliphatic carbocycles. The molecule has 0 radical (unpaired) electrons. The second-order valence-electron chi connectivity index (χ2n) is 12.3. The van der Waals surface area contributed by atoms with Crippen LogP contribution >= 0.6 is 0 Å². The molecule has 0 N–H and O–H groups in total. The van der Waals surface area contributed by atoms with Gasteiger partial charge >= 0.3 is 63.8 Å². The van der Waals surface area contributed by atoms with Crippen molar-refractivity contribution in [3.8, 4) is 11.1 Å². The Morgan fingerprint density at radius 1 is 0.821 bits per heavy atom. The first-order valence-corrected chi connectivity index (χ1v) is 14.8. The van der Waals surface area contributed by atoms with Crippen LogP contribution in [0.4, 0.5) is 0 Å².